The van der Waals surface area contributed by atoms with Crippen molar-refractivity contribution < 1.29 is 4.79 Å². The van der Waals surface area contributed by atoms with Gasteiger partial charge in [-0.2, -0.15) is 0 Å². The molecule has 152 valence electrons. The molecule has 1 atom stereocenters. The molecule has 4 aromatic rings. The molecule has 7 nitrogen and oxygen atoms in total. The molecule has 1 unspecified atom stereocenters. The van der Waals surface area contributed by atoms with Crippen molar-refractivity contribution in [2.24, 2.45) is 0 Å². The Morgan fingerprint density at radius 2 is 1.90 bits per heavy atom. The maximum absolute atomic E-state index is 12.9. The third-order valence-corrected chi connectivity index (χ3v) is 6.51. The van der Waals surface area contributed by atoms with Crippen LogP contribution in [0.15, 0.2) is 54.3 Å². The molecule has 1 aromatic carbocycles. The number of nitrogens with one attached hydrogen (secondary N) is 1. The molecule has 8 heteroatoms. The second-order valence-electron chi connectivity index (χ2n) is 7.40. The standard InChI is InChI=1S/C22H22N6OS/c1-15(21(29)26-19-6-2-5-18-16(19)4-3-8-23-18)27-9-11-28(12-10-27)20-17-7-13-30-22(17)25-14-24-20/h2-8,13-15H,9-12H2,1H3,(H,26,29). The highest BCUT2D eigenvalue weighted by Gasteiger charge is 2.27. The number of hydrogen-bond donors (Lipinski definition) is 1. The highest BCUT2D eigenvalue weighted by molar-refractivity contribution is 7.16. The number of nitrogens with zero attached hydrogens (tertiary/aromatic N) is 5. The topological polar surface area (TPSA) is 74.2 Å². The highest BCUT2D eigenvalue weighted by Crippen LogP contribution is 2.28. The number of amides is 1. The fraction of sp³-hybridized carbons (Fsp3) is 0.273. The van der Waals surface area contributed by atoms with Crippen LogP contribution in [0.2, 0.25) is 0 Å². The van der Waals surface area contributed by atoms with Crippen LogP contribution in [0.4, 0.5) is 11.5 Å². The number of fused-ring (bicyclic) bond motifs is 2. The Balaban J connectivity index is 1.26. The van der Waals surface area contributed by atoms with Gasteiger partial charge in [-0.25, -0.2) is 9.97 Å². The van der Waals surface area contributed by atoms with E-state index in [0.29, 0.717) is 0 Å². The summed E-state index contributed by atoms with van der Waals surface area (Å²) in [5.41, 5.74) is 1.68. The van der Waals surface area contributed by atoms with Gasteiger partial charge < -0.3 is 10.2 Å². The van der Waals surface area contributed by atoms with Crippen LogP contribution in [0.25, 0.3) is 21.1 Å². The summed E-state index contributed by atoms with van der Waals surface area (Å²) in [6, 6.07) is 11.5. The van der Waals surface area contributed by atoms with Crippen molar-refractivity contribution in [2.45, 2.75) is 13.0 Å². The third-order valence-electron chi connectivity index (χ3n) is 5.69. The zero-order valence-corrected chi connectivity index (χ0v) is 17.5. The van der Waals surface area contributed by atoms with E-state index in [9.17, 15) is 4.79 Å². The summed E-state index contributed by atoms with van der Waals surface area (Å²) in [7, 11) is 0. The Hall–Kier alpha value is -3.10. The number of rotatable bonds is 4. The molecule has 1 amide bonds. The molecule has 0 radical (unpaired) electrons. The Kier molecular flexibility index (Phi) is 5.02. The van der Waals surface area contributed by atoms with E-state index in [0.717, 1.165) is 58.8 Å². The van der Waals surface area contributed by atoms with Gasteiger partial charge in [-0.3, -0.25) is 14.7 Å². The van der Waals surface area contributed by atoms with Gasteiger partial charge in [0.1, 0.15) is 17.0 Å². The van der Waals surface area contributed by atoms with Crippen LogP contribution < -0.4 is 10.2 Å². The quantitative estimate of drug-likeness (QED) is 0.548. The van der Waals surface area contributed by atoms with Crippen LogP contribution in [0.1, 0.15) is 6.92 Å². The van der Waals surface area contributed by atoms with Gasteiger partial charge in [0.05, 0.1) is 22.6 Å². The van der Waals surface area contributed by atoms with Gasteiger partial charge in [0.2, 0.25) is 5.91 Å². The van der Waals surface area contributed by atoms with Crippen molar-refractivity contribution in [1.82, 2.24) is 19.9 Å². The number of anilines is 2. The number of pyridine rings is 1. The van der Waals surface area contributed by atoms with Gasteiger partial charge in [-0.15, -0.1) is 11.3 Å². The Morgan fingerprint density at radius 1 is 1.03 bits per heavy atom. The molecule has 1 N–H and O–H groups in total. The van der Waals surface area contributed by atoms with Crippen molar-refractivity contribution in [3.63, 3.8) is 0 Å². The van der Waals surface area contributed by atoms with Crippen LogP contribution in [-0.2, 0) is 4.79 Å². The van der Waals surface area contributed by atoms with Gasteiger partial charge in [0.15, 0.2) is 0 Å². The van der Waals surface area contributed by atoms with Crippen molar-refractivity contribution in [2.75, 3.05) is 36.4 Å². The predicted molar refractivity (Wildman–Crippen MR) is 121 cm³/mol. The lowest BCUT2D eigenvalue weighted by Crippen LogP contribution is -2.53. The number of aromatic nitrogens is 3. The minimum Gasteiger partial charge on any atom is -0.353 e. The summed E-state index contributed by atoms with van der Waals surface area (Å²) in [6.45, 7) is 5.24. The van der Waals surface area contributed by atoms with Crippen molar-refractivity contribution in [3.8, 4) is 0 Å². The average Bonchev–Trinajstić information content (AvgIpc) is 3.28. The summed E-state index contributed by atoms with van der Waals surface area (Å²) < 4.78 is 0. The fourth-order valence-corrected chi connectivity index (χ4v) is 4.69. The number of benzene rings is 1. The number of carbonyl (C=O) groups is 1. The second-order valence-corrected chi connectivity index (χ2v) is 8.30. The first-order valence-corrected chi connectivity index (χ1v) is 10.9. The molecule has 5 rings (SSSR count). The van der Waals surface area contributed by atoms with Crippen LogP contribution >= 0.6 is 11.3 Å². The fourth-order valence-electron chi connectivity index (χ4n) is 3.97. The van der Waals surface area contributed by atoms with Crippen LogP contribution in [0.5, 0.6) is 0 Å². The summed E-state index contributed by atoms with van der Waals surface area (Å²) >= 11 is 1.63. The predicted octanol–water partition coefficient (Wildman–Crippen LogP) is 3.39. The largest absolute Gasteiger partial charge is 0.353 e. The monoisotopic (exact) mass is 418 g/mol. The minimum absolute atomic E-state index is 0.00191. The molecule has 1 aliphatic rings. The zero-order chi connectivity index (χ0) is 20.5. The normalized spacial score (nSPS) is 16.1. The van der Waals surface area contributed by atoms with Crippen molar-refractivity contribution >= 4 is 49.9 Å². The molecule has 30 heavy (non-hydrogen) atoms. The SMILES string of the molecule is CC(C(=O)Nc1cccc2ncccc12)N1CCN(c2ncnc3sccc23)CC1. The molecule has 0 aliphatic carbocycles. The van der Waals surface area contributed by atoms with E-state index in [2.05, 4.69) is 36.1 Å². The molecule has 0 spiro atoms. The molecule has 3 aromatic heterocycles. The first-order chi connectivity index (χ1) is 14.7. The van der Waals surface area contributed by atoms with E-state index in [1.165, 1.54) is 0 Å². The highest BCUT2D eigenvalue weighted by atomic mass is 32.1. The van der Waals surface area contributed by atoms with E-state index in [1.807, 2.05) is 42.6 Å². The number of thiophene rings is 1. The molecule has 0 saturated carbocycles. The molecular weight excluding hydrogens is 396 g/mol. The van der Waals surface area contributed by atoms with Crippen LogP contribution in [0.3, 0.4) is 0 Å². The minimum atomic E-state index is -0.217. The van der Waals surface area contributed by atoms with Gasteiger partial charge >= 0.3 is 0 Å². The van der Waals surface area contributed by atoms with E-state index in [1.54, 1.807) is 23.9 Å². The van der Waals surface area contributed by atoms with Gasteiger partial charge in [0.25, 0.3) is 0 Å². The third kappa shape index (κ3) is 3.48. The molecule has 1 fully saturated rings. The Labute approximate surface area is 178 Å². The first-order valence-electron chi connectivity index (χ1n) is 10.0. The summed E-state index contributed by atoms with van der Waals surface area (Å²) in [5.74, 6) is 0.989. The van der Waals surface area contributed by atoms with Crippen LogP contribution in [-0.4, -0.2) is 58.0 Å². The first kappa shape index (κ1) is 18.9. The molecule has 1 saturated heterocycles. The maximum Gasteiger partial charge on any atom is 0.241 e. The maximum atomic E-state index is 12.9. The van der Waals surface area contributed by atoms with E-state index < -0.39 is 0 Å². The van der Waals surface area contributed by atoms with E-state index in [-0.39, 0.29) is 11.9 Å². The van der Waals surface area contributed by atoms with Gasteiger partial charge in [0, 0.05) is 37.8 Å². The summed E-state index contributed by atoms with van der Waals surface area (Å²) in [5, 5.41) is 7.20. The summed E-state index contributed by atoms with van der Waals surface area (Å²) in [4.78, 5) is 31.7. The second kappa shape index (κ2) is 7.97. The Bertz CT molecular complexity index is 1200. The summed E-state index contributed by atoms with van der Waals surface area (Å²) in [6.07, 6.45) is 3.40. The molecule has 0 bridgehead atoms. The average molecular weight is 419 g/mol. The lowest BCUT2D eigenvalue weighted by atomic mass is 10.1. The number of piperazine rings is 1. The number of hydrogen-bond acceptors (Lipinski definition) is 7. The van der Waals surface area contributed by atoms with E-state index in [4.69, 9.17) is 0 Å². The zero-order valence-electron chi connectivity index (χ0n) is 16.7. The van der Waals surface area contributed by atoms with Gasteiger partial charge in [-0.05, 0) is 42.6 Å². The number of carbonyl (C=O) groups excluding carboxylic acids is 1. The molecule has 1 aliphatic heterocycles. The molecular formula is C22H22N6OS. The van der Waals surface area contributed by atoms with E-state index >= 15 is 0 Å². The molecule has 4 heterocycles. The van der Waals surface area contributed by atoms with Gasteiger partial charge in [-0.1, -0.05) is 6.07 Å². The Morgan fingerprint density at radius 3 is 2.77 bits per heavy atom. The van der Waals surface area contributed by atoms with Crippen LogP contribution in [0, 0.1) is 0 Å². The lowest BCUT2D eigenvalue weighted by molar-refractivity contribution is -0.120. The van der Waals surface area contributed by atoms with Crippen molar-refractivity contribution in [3.05, 3.63) is 54.3 Å². The smallest absolute Gasteiger partial charge is 0.241 e. The lowest BCUT2D eigenvalue weighted by Gasteiger charge is -2.38. The van der Waals surface area contributed by atoms with Crippen molar-refractivity contribution in [1.29, 1.82) is 0 Å².